The van der Waals surface area contributed by atoms with E-state index >= 15 is 0 Å². The molecule has 176 valence electrons. The van der Waals surface area contributed by atoms with Crippen molar-refractivity contribution in [1.29, 1.82) is 0 Å². The van der Waals surface area contributed by atoms with Gasteiger partial charge in [-0.2, -0.15) is 0 Å². The lowest BCUT2D eigenvalue weighted by atomic mass is 9.72. The third kappa shape index (κ3) is 4.83. The van der Waals surface area contributed by atoms with Gasteiger partial charge in [0.15, 0.2) is 0 Å². The minimum absolute atomic E-state index is 0.124. The zero-order chi connectivity index (χ0) is 24.2. The second-order valence-electron chi connectivity index (χ2n) is 8.10. The van der Waals surface area contributed by atoms with Crippen LogP contribution in [0.3, 0.4) is 0 Å². The molecule has 1 aliphatic heterocycles. The number of nitrogens with one attached hydrogen (secondary N) is 3. The quantitative estimate of drug-likeness (QED) is 0.319. The number of H-pyrrole nitrogens is 1. The van der Waals surface area contributed by atoms with E-state index in [1.807, 2.05) is 6.92 Å². The van der Waals surface area contributed by atoms with Crippen LogP contribution >= 0.6 is 0 Å². The molecule has 3 N–H and O–H groups in total. The zero-order valence-electron chi connectivity index (χ0n) is 19.3. The summed E-state index contributed by atoms with van der Waals surface area (Å²) in [6.45, 7) is 5.71. The van der Waals surface area contributed by atoms with Crippen molar-refractivity contribution in [3.8, 4) is 0 Å². The number of esters is 1. The molecule has 0 radical (unpaired) electrons. The smallest absolute Gasteiger partial charge is 0.340 e. The molecule has 33 heavy (non-hydrogen) atoms. The third-order valence-corrected chi connectivity index (χ3v) is 6.15. The van der Waals surface area contributed by atoms with Crippen molar-refractivity contribution in [2.24, 2.45) is 0 Å². The van der Waals surface area contributed by atoms with Gasteiger partial charge < -0.3 is 19.8 Å². The fourth-order valence-electron chi connectivity index (χ4n) is 4.21. The maximum Gasteiger partial charge on any atom is 0.340 e. The Kier molecular flexibility index (Phi) is 7.33. The summed E-state index contributed by atoms with van der Waals surface area (Å²) in [5, 5.41) is 5.24. The number of aromatic nitrogens is 1. The number of amides is 3. The number of piperidine rings is 1. The summed E-state index contributed by atoms with van der Waals surface area (Å²) in [7, 11) is 1.52. The molecular formula is C24H29N3O6. The van der Waals surface area contributed by atoms with Gasteiger partial charge in [-0.1, -0.05) is 19.1 Å². The van der Waals surface area contributed by atoms with Crippen LogP contribution in [0.5, 0.6) is 0 Å². The molecule has 2 heterocycles. The second-order valence-corrected chi connectivity index (χ2v) is 8.10. The van der Waals surface area contributed by atoms with Crippen LogP contribution in [0.15, 0.2) is 24.3 Å². The van der Waals surface area contributed by atoms with E-state index in [1.54, 1.807) is 38.1 Å². The number of aromatic amines is 1. The van der Waals surface area contributed by atoms with Crippen LogP contribution in [0.4, 0.5) is 5.69 Å². The molecule has 0 saturated carbocycles. The molecule has 9 nitrogen and oxygen atoms in total. The van der Waals surface area contributed by atoms with Crippen molar-refractivity contribution in [3.05, 3.63) is 52.3 Å². The first-order valence-corrected chi connectivity index (χ1v) is 10.8. The number of benzene rings is 1. The molecule has 1 unspecified atom stereocenters. The fourth-order valence-corrected chi connectivity index (χ4v) is 4.21. The number of hydrogen-bond acceptors (Lipinski definition) is 6. The van der Waals surface area contributed by atoms with E-state index in [1.165, 1.54) is 7.11 Å². The molecule has 2 aromatic rings. The number of ether oxygens (including phenoxy) is 2. The highest BCUT2D eigenvalue weighted by Gasteiger charge is 2.42. The Morgan fingerprint density at radius 3 is 2.42 bits per heavy atom. The minimum Gasteiger partial charge on any atom is -0.460 e. The first kappa shape index (κ1) is 24.2. The van der Waals surface area contributed by atoms with E-state index in [2.05, 4.69) is 15.6 Å². The first-order valence-electron chi connectivity index (χ1n) is 10.8. The van der Waals surface area contributed by atoms with Gasteiger partial charge in [0.2, 0.25) is 11.8 Å². The predicted octanol–water partition coefficient (Wildman–Crippen LogP) is 2.77. The van der Waals surface area contributed by atoms with Gasteiger partial charge in [-0.25, -0.2) is 4.79 Å². The molecular weight excluding hydrogens is 426 g/mol. The minimum atomic E-state index is -0.762. The van der Waals surface area contributed by atoms with Crippen LogP contribution in [0, 0.1) is 13.8 Å². The van der Waals surface area contributed by atoms with Crippen molar-refractivity contribution >= 4 is 29.4 Å². The molecule has 1 aromatic carbocycles. The number of imide groups is 1. The molecule has 0 bridgehead atoms. The number of methoxy groups -OCH3 is 1. The summed E-state index contributed by atoms with van der Waals surface area (Å²) in [4.78, 5) is 52.3. The Morgan fingerprint density at radius 2 is 1.82 bits per heavy atom. The van der Waals surface area contributed by atoms with Gasteiger partial charge in [-0.15, -0.1) is 0 Å². The van der Waals surface area contributed by atoms with Crippen LogP contribution in [0.25, 0.3) is 0 Å². The van der Waals surface area contributed by atoms with Crippen LogP contribution < -0.4 is 10.6 Å². The van der Waals surface area contributed by atoms with Gasteiger partial charge in [0.05, 0.1) is 17.6 Å². The number of anilines is 1. The van der Waals surface area contributed by atoms with Crippen LogP contribution in [-0.4, -0.2) is 49.0 Å². The molecule has 1 aromatic heterocycles. The Balaban J connectivity index is 1.75. The monoisotopic (exact) mass is 455 g/mol. The SMILES string of the molecule is CCC1(c2ccc(NC(=O)c3[nH]c(C)c(C(=O)OCCOC)c3C)cc2)CCC(=O)NC1=O. The maximum absolute atomic E-state index is 12.9. The van der Waals surface area contributed by atoms with Crippen molar-refractivity contribution in [2.75, 3.05) is 25.6 Å². The second kappa shape index (κ2) is 9.99. The number of carbonyl (C=O) groups is 4. The predicted molar refractivity (Wildman–Crippen MR) is 121 cm³/mol. The highest BCUT2D eigenvalue weighted by Crippen LogP contribution is 2.36. The summed E-state index contributed by atoms with van der Waals surface area (Å²) < 4.78 is 10.1. The van der Waals surface area contributed by atoms with Crippen molar-refractivity contribution in [1.82, 2.24) is 10.3 Å². The number of carbonyl (C=O) groups excluding carboxylic acids is 4. The van der Waals surface area contributed by atoms with E-state index in [4.69, 9.17) is 9.47 Å². The molecule has 9 heteroatoms. The highest BCUT2D eigenvalue weighted by molar-refractivity contribution is 6.07. The third-order valence-electron chi connectivity index (χ3n) is 6.15. The molecule has 3 rings (SSSR count). The average Bonchev–Trinajstić information content (AvgIpc) is 3.09. The molecule has 3 amide bonds. The normalized spacial score (nSPS) is 18.1. The maximum atomic E-state index is 12.9. The molecule has 0 spiro atoms. The van der Waals surface area contributed by atoms with E-state index in [0.29, 0.717) is 41.8 Å². The standard InChI is InChI=1S/C24H29N3O6/c1-5-24(11-10-18(28)27-23(24)31)16-6-8-17(9-7-16)26-21(29)20-14(2)19(15(3)25-20)22(30)33-13-12-32-4/h6-9,25H,5,10-13H2,1-4H3,(H,26,29)(H,27,28,31). The number of hydrogen-bond donors (Lipinski definition) is 3. The Labute approximate surface area is 192 Å². The van der Waals surface area contributed by atoms with Crippen LogP contribution in [0.2, 0.25) is 0 Å². The lowest BCUT2D eigenvalue weighted by molar-refractivity contribution is -0.138. The topological polar surface area (TPSA) is 127 Å². The highest BCUT2D eigenvalue weighted by atomic mass is 16.6. The summed E-state index contributed by atoms with van der Waals surface area (Å²) in [5.74, 6) is -1.46. The van der Waals surface area contributed by atoms with Crippen LogP contribution in [0.1, 0.15) is 63.9 Å². The number of rotatable bonds is 8. The van der Waals surface area contributed by atoms with Gasteiger partial charge in [0.25, 0.3) is 5.91 Å². The van der Waals surface area contributed by atoms with Crippen LogP contribution in [-0.2, 0) is 24.5 Å². The lowest BCUT2D eigenvalue weighted by Crippen LogP contribution is -2.51. The van der Waals surface area contributed by atoms with Gasteiger partial charge in [-0.05, 0) is 49.9 Å². The molecule has 1 aliphatic rings. The largest absolute Gasteiger partial charge is 0.460 e. The summed E-state index contributed by atoms with van der Waals surface area (Å²) >= 11 is 0. The molecule has 0 aliphatic carbocycles. The molecule has 1 fully saturated rings. The summed E-state index contributed by atoms with van der Waals surface area (Å²) in [5.41, 5.74) is 2.21. The van der Waals surface area contributed by atoms with E-state index in [0.717, 1.165) is 5.56 Å². The number of aryl methyl sites for hydroxylation is 1. The van der Waals surface area contributed by atoms with Crippen molar-refractivity contribution < 1.29 is 28.7 Å². The first-order chi connectivity index (χ1) is 15.7. The van der Waals surface area contributed by atoms with Gasteiger partial charge in [0.1, 0.15) is 12.3 Å². The lowest BCUT2D eigenvalue weighted by Gasteiger charge is -2.35. The van der Waals surface area contributed by atoms with E-state index < -0.39 is 17.3 Å². The average molecular weight is 456 g/mol. The van der Waals surface area contributed by atoms with Crippen molar-refractivity contribution in [3.63, 3.8) is 0 Å². The Morgan fingerprint density at radius 1 is 1.12 bits per heavy atom. The molecule has 1 saturated heterocycles. The Bertz CT molecular complexity index is 1070. The van der Waals surface area contributed by atoms with Gasteiger partial charge in [0, 0.05) is 24.9 Å². The summed E-state index contributed by atoms with van der Waals surface area (Å²) in [6.07, 6.45) is 1.30. The zero-order valence-corrected chi connectivity index (χ0v) is 19.3. The van der Waals surface area contributed by atoms with Gasteiger partial charge >= 0.3 is 5.97 Å². The van der Waals surface area contributed by atoms with Gasteiger partial charge in [-0.3, -0.25) is 19.7 Å². The van der Waals surface area contributed by atoms with E-state index in [-0.39, 0.29) is 30.7 Å². The molecule has 1 atom stereocenters. The van der Waals surface area contributed by atoms with E-state index in [9.17, 15) is 19.2 Å². The Hall–Kier alpha value is -3.46. The van der Waals surface area contributed by atoms with Crippen molar-refractivity contribution in [2.45, 2.75) is 45.4 Å². The summed E-state index contributed by atoms with van der Waals surface area (Å²) in [6, 6.07) is 7.03. The fraction of sp³-hybridized carbons (Fsp3) is 0.417.